The van der Waals surface area contributed by atoms with Gasteiger partial charge in [-0.25, -0.2) is 0 Å². The molecule has 0 bridgehead atoms. The van der Waals surface area contributed by atoms with Crippen molar-refractivity contribution in [1.29, 1.82) is 0 Å². The number of para-hydroxylation sites is 1. The van der Waals surface area contributed by atoms with Gasteiger partial charge < -0.3 is 15.0 Å². The van der Waals surface area contributed by atoms with E-state index in [1.807, 2.05) is 30.0 Å². The highest BCUT2D eigenvalue weighted by Gasteiger charge is 2.24. The summed E-state index contributed by atoms with van der Waals surface area (Å²) in [6.45, 7) is 8.29. The molecular formula is C15H22N2O2. The Morgan fingerprint density at radius 1 is 1.47 bits per heavy atom. The Kier molecular flexibility index (Phi) is 4.30. The summed E-state index contributed by atoms with van der Waals surface area (Å²) in [5, 5.41) is 3.26. The van der Waals surface area contributed by atoms with Crippen molar-refractivity contribution >= 4 is 11.6 Å². The molecule has 1 heterocycles. The Bertz CT molecular complexity index is 459. The third kappa shape index (κ3) is 2.67. The van der Waals surface area contributed by atoms with Crippen LogP contribution < -0.4 is 10.1 Å². The first-order chi connectivity index (χ1) is 9.19. The first-order valence-electron chi connectivity index (χ1n) is 6.99. The Morgan fingerprint density at radius 2 is 2.26 bits per heavy atom. The maximum absolute atomic E-state index is 12.7. The van der Waals surface area contributed by atoms with Gasteiger partial charge in [0.2, 0.25) is 0 Å². The van der Waals surface area contributed by atoms with E-state index in [1.165, 1.54) is 0 Å². The predicted octanol–water partition coefficient (Wildman–Crippen LogP) is 2.75. The van der Waals surface area contributed by atoms with Gasteiger partial charge in [0, 0.05) is 19.1 Å². The first kappa shape index (κ1) is 13.7. The second-order valence-corrected chi connectivity index (χ2v) is 4.81. The van der Waals surface area contributed by atoms with E-state index in [0.29, 0.717) is 24.5 Å². The molecule has 0 saturated heterocycles. The monoisotopic (exact) mass is 262 g/mol. The number of benzene rings is 1. The quantitative estimate of drug-likeness (QED) is 0.907. The van der Waals surface area contributed by atoms with Gasteiger partial charge >= 0.3 is 0 Å². The SMILES string of the molecule is CCC(C)N(CC)C(=O)c1cccc2c1OCCN2. The predicted molar refractivity (Wildman–Crippen MR) is 76.9 cm³/mol. The Morgan fingerprint density at radius 3 is 2.95 bits per heavy atom. The van der Waals surface area contributed by atoms with E-state index in [1.54, 1.807) is 0 Å². The molecule has 4 heteroatoms. The maximum atomic E-state index is 12.7. The van der Waals surface area contributed by atoms with Gasteiger partial charge in [0.1, 0.15) is 6.61 Å². The van der Waals surface area contributed by atoms with Crippen LogP contribution in [0.3, 0.4) is 0 Å². The zero-order valence-electron chi connectivity index (χ0n) is 11.9. The summed E-state index contributed by atoms with van der Waals surface area (Å²) >= 11 is 0. The summed E-state index contributed by atoms with van der Waals surface area (Å²) < 4.78 is 5.67. The molecule has 1 unspecified atom stereocenters. The van der Waals surface area contributed by atoms with E-state index in [-0.39, 0.29) is 11.9 Å². The largest absolute Gasteiger partial charge is 0.489 e. The normalized spacial score (nSPS) is 14.9. The number of carbonyl (C=O) groups is 1. The van der Waals surface area contributed by atoms with Crippen molar-refractivity contribution in [3.05, 3.63) is 23.8 Å². The van der Waals surface area contributed by atoms with Crippen LogP contribution in [0.5, 0.6) is 5.75 Å². The summed E-state index contributed by atoms with van der Waals surface area (Å²) in [6, 6.07) is 5.94. The standard InChI is InChI=1S/C15H22N2O2/c1-4-11(3)17(5-2)15(18)12-7-6-8-13-14(12)19-10-9-16-13/h6-8,11,16H,4-5,9-10H2,1-3H3. The van der Waals surface area contributed by atoms with Crippen molar-refractivity contribution in [2.75, 3.05) is 25.0 Å². The molecule has 1 aromatic rings. The van der Waals surface area contributed by atoms with Crippen molar-refractivity contribution in [3.8, 4) is 5.75 Å². The number of hydrogen-bond donors (Lipinski definition) is 1. The Balaban J connectivity index is 2.33. The summed E-state index contributed by atoms with van der Waals surface area (Å²) in [7, 11) is 0. The smallest absolute Gasteiger partial charge is 0.257 e. The molecule has 1 aromatic carbocycles. The number of fused-ring (bicyclic) bond motifs is 1. The van der Waals surface area contributed by atoms with Gasteiger partial charge in [-0.3, -0.25) is 4.79 Å². The van der Waals surface area contributed by atoms with Crippen molar-refractivity contribution in [1.82, 2.24) is 4.90 Å². The number of anilines is 1. The van der Waals surface area contributed by atoms with Crippen molar-refractivity contribution in [3.63, 3.8) is 0 Å². The minimum absolute atomic E-state index is 0.0531. The summed E-state index contributed by atoms with van der Waals surface area (Å²) in [4.78, 5) is 14.6. The number of rotatable bonds is 4. The van der Waals surface area contributed by atoms with E-state index in [0.717, 1.165) is 18.7 Å². The molecule has 4 nitrogen and oxygen atoms in total. The molecule has 1 aliphatic heterocycles. The van der Waals surface area contributed by atoms with Crippen molar-refractivity contribution < 1.29 is 9.53 Å². The number of nitrogens with zero attached hydrogens (tertiary/aromatic N) is 1. The number of ether oxygens (including phenoxy) is 1. The molecule has 0 saturated carbocycles. The lowest BCUT2D eigenvalue weighted by Gasteiger charge is -2.29. The van der Waals surface area contributed by atoms with Crippen LogP contribution in [0.15, 0.2) is 18.2 Å². The number of hydrogen-bond acceptors (Lipinski definition) is 3. The number of amides is 1. The van der Waals surface area contributed by atoms with E-state index in [4.69, 9.17) is 4.74 Å². The van der Waals surface area contributed by atoms with Gasteiger partial charge in [-0.1, -0.05) is 13.0 Å². The van der Waals surface area contributed by atoms with Crippen molar-refractivity contribution in [2.24, 2.45) is 0 Å². The molecule has 2 rings (SSSR count). The fourth-order valence-corrected chi connectivity index (χ4v) is 2.37. The molecule has 0 spiro atoms. The third-order valence-corrected chi connectivity index (χ3v) is 3.63. The highest BCUT2D eigenvalue weighted by Crippen LogP contribution is 2.32. The minimum Gasteiger partial charge on any atom is -0.489 e. The highest BCUT2D eigenvalue weighted by atomic mass is 16.5. The Labute approximate surface area is 114 Å². The molecule has 0 aromatic heterocycles. The zero-order chi connectivity index (χ0) is 13.8. The zero-order valence-corrected chi connectivity index (χ0v) is 11.9. The third-order valence-electron chi connectivity index (χ3n) is 3.63. The topological polar surface area (TPSA) is 41.6 Å². The lowest BCUT2D eigenvalue weighted by atomic mass is 10.1. The maximum Gasteiger partial charge on any atom is 0.257 e. The van der Waals surface area contributed by atoms with E-state index < -0.39 is 0 Å². The Hall–Kier alpha value is -1.71. The van der Waals surface area contributed by atoms with Crippen LogP contribution in [0.2, 0.25) is 0 Å². The van der Waals surface area contributed by atoms with Gasteiger partial charge in [0.05, 0.1) is 11.3 Å². The fourth-order valence-electron chi connectivity index (χ4n) is 2.37. The lowest BCUT2D eigenvalue weighted by Crippen LogP contribution is -2.38. The fraction of sp³-hybridized carbons (Fsp3) is 0.533. The summed E-state index contributed by atoms with van der Waals surface area (Å²) in [5.74, 6) is 0.748. The van der Waals surface area contributed by atoms with Crippen LogP contribution in [0, 0.1) is 0 Å². The van der Waals surface area contributed by atoms with Gasteiger partial charge in [0.15, 0.2) is 5.75 Å². The molecular weight excluding hydrogens is 240 g/mol. The van der Waals surface area contributed by atoms with Crippen molar-refractivity contribution in [2.45, 2.75) is 33.2 Å². The lowest BCUT2D eigenvalue weighted by molar-refractivity contribution is 0.0695. The van der Waals surface area contributed by atoms with Crippen LogP contribution in [-0.4, -0.2) is 36.5 Å². The summed E-state index contributed by atoms with van der Waals surface area (Å²) in [5.41, 5.74) is 1.57. The van der Waals surface area contributed by atoms with Gasteiger partial charge in [-0.05, 0) is 32.4 Å². The second-order valence-electron chi connectivity index (χ2n) is 4.81. The van der Waals surface area contributed by atoms with Gasteiger partial charge in [-0.2, -0.15) is 0 Å². The molecule has 1 atom stereocenters. The average molecular weight is 262 g/mol. The minimum atomic E-state index is 0.0531. The van der Waals surface area contributed by atoms with Gasteiger partial charge in [0.25, 0.3) is 5.91 Å². The van der Waals surface area contributed by atoms with Gasteiger partial charge in [-0.15, -0.1) is 0 Å². The average Bonchev–Trinajstić information content (AvgIpc) is 2.47. The molecule has 0 fully saturated rings. The van der Waals surface area contributed by atoms with Crippen LogP contribution in [0.25, 0.3) is 0 Å². The van der Waals surface area contributed by atoms with E-state index >= 15 is 0 Å². The first-order valence-corrected chi connectivity index (χ1v) is 6.99. The van der Waals surface area contributed by atoms with E-state index in [9.17, 15) is 4.79 Å². The molecule has 1 N–H and O–H groups in total. The molecule has 1 amide bonds. The van der Waals surface area contributed by atoms with E-state index in [2.05, 4.69) is 19.2 Å². The second kappa shape index (κ2) is 5.95. The summed E-state index contributed by atoms with van der Waals surface area (Å²) in [6.07, 6.45) is 0.952. The highest BCUT2D eigenvalue weighted by molar-refractivity contribution is 5.99. The molecule has 19 heavy (non-hydrogen) atoms. The van der Waals surface area contributed by atoms with Crippen LogP contribution in [0.1, 0.15) is 37.6 Å². The number of nitrogens with one attached hydrogen (secondary N) is 1. The van der Waals surface area contributed by atoms with Crippen LogP contribution in [0.4, 0.5) is 5.69 Å². The molecule has 1 aliphatic rings. The van der Waals surface area contributed by atoms with Crippen LogP contribution in [-0.2, 0) is 0 Å². The number of carbonyl (C=O) groups excluding carboxylic acids is 1. The molecule has 104 valence electrons. The molecule has 0 aliphatic carbocycles. The molecule has 0 radical (unpaired) electrons. The van der Waals surface area contributed by atoms with Crippen LogP contribution >= 0.6 is 0 Å².